The second kappa shape index (κ2) is 5.26. The Morgan fingerprint density at radius 1 is 0.727 bits per heavy atom. The normalized spacial score (nSPS) is 11.6. The zero-order chi connectivity index (χ0) is 15.1. The number of thiophene rings is 1. The minimum Gasteiger partial charge on any atom is -0.135 e. The van der Waals surface area contributed by atoms with Gasteiger partial charge < -0.3 is 0 Å². The Morgan fingerprint density at radius 3 is 2.23 bits per heavy atom. The van der Waals surface area contributed by atoms with Gasteiger partial charge in [-0.3, -0.25) is 0 Å². The van der Waals surface area contributed by atoms with E-state index in [-0.39, 0.29) is 0 Å². The first kappa shape index (κ1) is 13.5. The fourth-order valence-electron chi connectivity index (χ4n) is 3.06. The van der Waals surface area contributed by atoms with Gasteiger partial charge in [-0.25, -0.2) is 0 Å². The van der Waals surface area contributed by atoms with E-state index in [0.29, 0.717) is 5.92 Å². The molecule has 0 aliphatic carbocycles. The molecular formula is C21H18S. The summed E-state index contributed by atoms with van der Waals surface area (Å²) in [4.78, 5) is 0. The summed E-state index contributed by atoms with van der Waals surface area (Å²) in [5, 5.41) is 2.76. The Morgan fingerprint density at radius 2 is 1.45 bits per heavy atom. The van der Waals surface area contributed by atoms with Gasteiger partial charge in [0.2, 0.25) is 0 Å². The Labute approximate surface area is 135 Å². The lowest BCUT2D eigenvalue weighted by molar-refractivity contribution is 0.867. The third kappa shape index (κ3) is 2.13. The lowest BCUT2D eigenvalue weighted by Gasteiger charge is -2.08. The van der Waals surface area contributed by atoms with Crippen molar-refractivity contribution in [2.45, 2.75) is 19.8 Å². The van der Waals surface area contributed by atoms with Gasteiger partial charge in [0, 0.05) is 20.2 Å². The smallest absolute Gasteiger partial charge is 0.0361 e. The van der Waals surface area contributed by atoms with Crippen molar-refractivity contribution >= 4 is 31.5 Å². The molecular weight excluding hydrogens is 284 g/mol. The van der Waals surface area contributed by atoms with Crippen molar-refractivity contribution < 1.29 is 0 Å². The molecule has 0 radical (unpaired) electrons. The number of fused-ring (bicyclic) bond motifs is 3. The summed E-state index contributed by atoms with van der Waals surface area (Å²) in [6, 6.07) is 24.4. The van der Waals surface area contributed by atoms with Crippen LogP contribution in [0.5, 0.6) is 0 Å². The SMILES string of the molecule is CC(C)c1ccc(-c2cccc3sc4ccccc4c23)cc1. The molecule has 0 saturated heterocycles. The van der Waals surface area contributed by atoms with Crippen LogP contribution in [0.1, 0.15) is 25.3 Å². The van der Waals surface area contributed by atoms with Crippen LogP contribution >= 0.6 is 11.3 Å². The predicted molar refractivity (Wildman–Crippen MR) is 98.9 cm³/mol. The summed E-state index contributed by atoms with van der Waals surface area (Å²) >= 11 is 1.88. The number of rotatable bonds is 2. The minimum atomic E-state index is 0.576. The van der Waals surface area contributed by atoms with Crippen molar-refractivity contribution in [1.29, 1.82) is 0 Å². The fraction of sp³-hybridized carbons (Fsp3) is 0.143. The van der Waals surface area contributed by atoms with Gasteiger partial charge in [-0.15, -0.1) is 11.3 Å². The molecule has 0 atom stereocenters. The van der Waals surface area contributed by atoms with Crippen LogP contribution in [0.3, 0.4) is 0 Å². The first-order chi connectivity index (χ1) is 10.7. The second-order valence-corrected chi connectivity index (χ2v) is 7.14. The Bertz CT molecular complexity index is 943. The highest BCUT2D eigenvalue weighted by atomic mass is 32.1. The monoisotopic (exact) mass is 302 g/mol. The molecule has 22 heavy (non-hydrogen) atoms. The lowest BCUT2D eigenvalue weighted by atomic mass is 9.96. The van der Waals surface area contributed by atoms with E-state index in [0.717, 1.165) is 0 Å². The van der Waals surface area contributed by atoms with Crippen LogP contribution < -0.4 is 0 Å². The van der Waals surface area contributed by atoms with Gasteiger partial charge in [-0.2, -0.15) is 0 Å². The van der Waals surface area contributed by atoms with E-state index >= 15 is 0 Å². The van der Waals surface area contributed by atoms with Crippen LogP contribution in [0, 0.1) is 0 Å². The molecule has 1 heteroatoms. The van der Waals surface area contributed by atoms with Crippen LogP contribution in [-0.2, 0) is 0 Å². The quantitative estimate of drug-likeness (QED) is 0.380. The molecule has 0 aliphatic heterocycles. The third-order valence-electron chi connectivity index (χ3n) is 4.29. The fourth-order valence-corrected chi connectivity index (χ4v) is 4.19. The van der Waals surface area contributed by atoms with Gasteiger partial charge in [0.05, 0.1) is 0 Å². The summed E-state index contributed by atoms with van der Waals surface area (Å²) in [6.07, 6.45) is 0. The average molecular weight is 302 g/mol. The molecule has 1 heterocycles. The molecule has 0 aliphatic rings. The standard InChI is InChI=1S/C21H18S/c1-14(2)15-10-12-16(13-11-15)17-7-5-9-20-21(17)18-6-3-4-8-19(18)22-20/h3-14H,1-2H3. The van der Waals surface area contributed by atoms with Crippen molar-refractivity contribution in [1.82, 2.24) is 0 Å². The molecule has 0 spiro atoms. The number of hydrogen-bond acceptors (Lipinski definition) is 1. The maximum absolute atomic E-state index is 2.26. The van der Waals surface area contributed by atoms with Crippen molar-refractivity contribution in [2.75, 3.05) is 0 Å². The molecule has 3 aromatic carbocycles. The molecule has 0 amide bonds. The van der Waals surface area contributed by atoms with Crippen LogP contribution in [0.2, 0.25) is 0 Å². The van der Waals surface area contributed by atoms with Crippen molar-refractivity contribution in [3.8, 4) is 11.1 Å². The maximum Gasteiger partial charge on any atom is 0.0361 e. The molecule has 0 N–H and O–H groups in total. The van der Waals surface area contributed by atoms with Gasteiger partial charge in [0.15, 0.2) is 0 Å². The van der Waals surface area contributed by atoms with E-state index in [1.54, 1.807) is 0 Å². The number of benzene rings is 3. The summed E-state index contributed by atoms with van der Waals surface area (Å²) in [5.74, 6) is 0.576. The maximum atomic E-state index is 2.26. The van der Waals surface area contributed by atoms with Crippen LogP contribution in [0.4, 0.5) is 0 Å². The number of hydrogen-bond donors (Lipinski definition) is 0. The van der Waals surface area contributed by atoms with E-state index in [1.807, 2.05) is 11.3 Å². The van der Waals surface area contributed by atoms with Crippen molar-refractivity contribution in [3.05, 3.63) is 72.3 Å². The van der Waals surface area contributed by atoms with Crippen molar-refractivity contribution in [2.24, 2.45) is 0 Å². The molecule has 1 aromatic heterocycles. The van der Waals surface area contributed by atoms with Crippen LogP contribution in [-0.4, -0.2) is 0 Å². The zero-order valence-corrected chi connectivity index (χ0v) is 13.7. The Hall–Kier alpha value is -2.12. The molecule has 0 fully saturated rings. The minimum absolute atomic E-state index is 0.576. The first-order valence-electron chi connectivity index (χ1n) is 7.74. The van der Waals surface area contributed by atoms with Crippen LogP contribution in [0.15, 0.2) is 66.7 Å². The Balaban J connectivity index is 1.98. The van der Waals surface area contributed by atoms with E-state index in [4.69, 9.17) is 0 Å². The molecule has 0 nitrogen and oxygen atoms in total. The van der Waals surface area contributed by atoms with Crippen LogP contribution in [0.25, 0.3) is 31.3 Å². The summed E-state index contributed by atoms with van der Waals surface area (Å²) in [6.45, 7) is 4.48. The lowest BCUT2D eigenvalue weighted by Crippen LogP contribution is -1.87. The molecule has 4 rings (SSSR count). The van der Waals surface area contributed by atoms with Gasteiger partial charge in [0.1, 0.15) is 0 Å². The molecule has 0 unspecified atom stereocenters. The summed E-state index contributed by atoms with van der Waals surface area (Å²) in [5.41, 5.74) is 4.04. The molecule has 108 valence electrons. The van der Waals surface area contributed by atoms with E-state index in [9.17, 15) is 0 Å². The largest absolute Gasteiger partial charge is 0.135 e. The predicted octanol–water partition coefficient (Wildman–Crippen LogP) is 6.84. The average Bonchev–Trinajstić information content (AvgIpc) is 2.93. The summed E-state index contributed by atoms with van der Waals surface area (Å²) < 4.78 is 2.73. The first-order valence-corrected chi connectivity index (χ1v) is 8.56. The third-order valence-corrected chi connectivity index (χ3v) is 5.43. The zero-order valence-electron chi connectivity index (χ0n) is 12.8. The second-order valence-electron chi connectivity index (χ2n) is 6.05. The molecule has 0 saturated carbocycles. The van der Waals surface area contributed by atoms with E-state index in [2.05, 4.69) is 80.6 Å². The Kier molecular flexibility index (Phi) is 3.24. The highest BCUT2D eigenvalue weighted by Crippen LogP contribution is 2.39. The van der Waals surface area contributed by atoms with Gasteiger partial charge in [0.25, 0.3) is 0 Å². The molecule has 4 aromatic rings. The topological polar surface area (TPSA) is 0 Å². The van der Waals surface area contributed by atoms with Gasteiger partial charge in [-0.05, 0) is 34.7 Å². The highest BCUT2D eigenvalue weighted by molar-refractivity contribution is 7.25. The molecule has 0 bridgehead atoms. The van der Waals surface area contributed by atoms with Gasteiger partial charge in [-0.1, -0.05) is 68.4 Å². The van der Waals surface area contributed by atoms with E-state index < -0.39 is 0 Å². The van der Waals surface area contributed by atoms with Crippen molar-refractivity contribution in [3.63, 3.8) is 0 Å². The van der Waals surface area contributed by atoms with Gasteiger partial charge >= 0.3 is 0 Å². The summed E-state index contributed by atoms with van der Waals surface area (Å²) in [7, 11) is 0. The highest BCUT2D eigenvalue weighted by Gasteiger charge is 2.10. The van der Waals surface area contributed by atoms with E-state index in [1.165, 1.54) is 36.9 Å².